The van der Waals surface area contributed by atoms with Crippen molar-refractivity contribution in [1.82, 2.24) is 4.90 Å². The molecule has 2 atom stereocenters. The summed E-state index contributed by atoms with van der Waals surface area (Å²) in [6.45, 7) is 3.99. The van der Waals surface area contributed by atoms with Crippen LogP contribution in [0.5, 0.6) is 0 Å². The molecule has 3 amide bonds. The molecule has 1 aromatic rings. The third-order valence-corrected chi connectivity index (χ3v) is 6.13. The molecule has 3 N–H and O–H groups in total. The molecule has 1 saturated heterocycles. The second-order valence-corrected chi connectivity index (χ2v) is 8.68. The van der Waals surface area contributed by atoms with Crippen LogP contribution < -0.4 is 11.1 Å². The summed E-state index contributed by atoms with van der Waals surface area (Å²) in [5.41, 5.74) is 6.65. The van der Waals surface area contributed by atoms with Crippen LogP contribution in [0.1, 0.15) is 45.1 Å². The first-order chi connectivity index (χ1) is 14.3. The Morgan fingerprint density at radius 2 is 2.10 bits per heavy atom. The maximum atomic E-state index is 12.9. The molecule has 30 heavy (non-hydrogen) atoms. The first kappa shape index (κ1) is 20.1. The van der Waals surface area contributed by atoms with Gasteiger partial charge in [0.25, 0.3) is 0 Å². The van der Waals surface area contributed by atoms with E-state index in [0.717, 1.165) is 18.4 Å². The van der Waals surface area contributed by atoms with Gasteiger partial charge < -0.3 is 20.8 Å². The van der Waals surface area contributed by atoms with E-state index in [4.69, 9.17) is 10.6 Å². The average Bonchev–Trinajstić information content (AvgIpc) is 3.17. The number of primary amides is 1. The zero-order valence-corrected chi connectivity index (χ0v) is 17.2. The van der Waals surface area contributed by atoms with E-state index in [-0.39, 0.29) is 17.2 Å². The molecule has 2 aliphatic heterocycles. The highest BCUT2D eigenvalue weighted by Crippen LogP contribution is 2.49. The van der Waals surface area contributed by atoms with Crippen LogP contribution >= 0.6 is 0 Å². The van der Waals surface area contributed by atoms with Gasteiger partial charge in [-0.2, -0.15) is 0 Å². The van der Waals surface area contributed by atoms with E-state index in [2.05, 4.69) is 10.5 Å². The second-order valence-electron chi connectivity index (χ2n) is 8.68. The Labute approximate surface area is 175 Å². The summed E-state index contributed by atoms with van der Waals surface area (Å²) < 4.78 is 0. The van der Waals surface area contributed by atoms with Crippen LogP contribution in [0.3, 0.4) is 0 Å². The SMILES string of the molecule is C/C=C\C(=O)Nc1cccc(C2=NOC3(C2)C[C@@H](C(N)=O)N(C(=O)C2(C)CC2)C3)c1. The van der Waals surface area contributed by atoms with Crippen molar-refractivity contribution in [3.8, 4) is 0 Å². The summed E-state index contributed by atoms with van der Waals surface area (Å²) in [6, 6.07) is 6.67. The lowest BCUT2D eigenvalue weighted by molar-refractivity contribution is -0.141. The van der Waals surface area contributed by atoms with Crippen molar-refractivity contribution in [2.45, 2.75) is 51.2 Å². The molecule has 0 bridgehead atoms. The maximum absolute atomic E-state index is 12.9. The largest absolute Gasteiger partial charge is 0.387 e. The van der Waals surface area contributed by atoms with Gasteiger partial charge in [0.1, 0.15) is 6.04 Å². The van der Waals surface area contributed by atoms with Crippen molar-refractivity contribution < 1.29 is 19.2 Å². The molecule has 0 radical (unpaired) electrons. The van der Waals surface area contributed by atoms with Gasteiger partial charge in [-0.1, -0.05) is 30.3 Å². The number of oxime groups is 1. The molecule has 8 heteroatoms. The first-order valence-electron chi connectivity index (χ1n) is 10.1. The fourth-order valence-electron chi connectivity index (χ4n) is 4.15. The molecule has 1 unspecified atom stereocenters. The van der Waals surface area contributed by atoms with Gasteiger partial charge in [0.05, 0.1) is 12.3 Å². The predicted molar refractivity (Wildman–Crippen MR) is 112 cm³/mol. The summed E-state index contributed by atoms with van der Waals surface area (Å²) in [4.78, 5) is 44.2. The number of nitrogens with zero attached hydrogens (tertiary/aromatic N) is 2. The third kappa shape index (κ3) is 3.69. The van der Waals surface area contributed by atoms with E-state index in [1.807, 2.05) is 25.1 Å². The van der Waals surface area contributed by atoms with E-state index in [1.165, 1.54) is 6.08 Å². The van der Waals surface area contributed by atoms with Crippen LogP contribution in [-0.2, 0) is 19.2 Å². The molecule has 3 aliphatic rings. The van der Waals surface area contributed by atoms with Crippen molar-refractivity contribution in [2.75, 3.05) is 11.9 Å². The number of hydrogen-bond acceptors (Lipinski definition) is 5. The fraction of sp³-hybridized carbons (Fsp3) is 0.455. The zero-order chi connectivity index (χ0) is 21.5. The van der Waals surface area contributed by atoms with Crippen LogP contribution in [-0.4, -0.2) is 46.5 Å². The lowest BCUT2D eigenvalue weighted by Gasteiger charge is -2.25. The second kappa shape index (κ2) is 7.27. The number of amides is 3. The summed E-state index contributed by atoms with van der Waals surface area (Å²) in [7, 11) is 0. The highest BCUT2D eigenvalue weighted by molar-refractivity contribution is 6.04. The van der Waals surface area contributed by atoms with E-state index in [1.54, 1.807) is 24.0 Å². The fourth-order valence-corrected chi connectivity index (χ4v) is 4.15. The first-order valence-corrected chi connectivity index (χ1v) is 10.1. The number of carbonyl (C=O) groups is 3. The molecule has 8 nitrogen and oxygen atoms in total. The number of hydrogen-bond donors (Lipinski definition) is 2. The molecule has 2 fully saturated rings. The smallest absolute Gasteiger partial charge is 0.248 e. The minimum Gasteiger partial charge on any atom is -0.387 e. The number of likely N-dealkylation sites (tertiary alicyclic amines) is 1. The minimum atomic E-state index is -0.750. The monoisotopic (exact) mass is 410 g/mol. The van der Waals surface area contributed by atoms with Crippen LogP contribution in [0.15, 0.2) is 41.6 Å². The molecular weight excluding hydrogens is 384 g/mol. The normalized spacial score (nSPS) is 26.5. The lowest BCUT2D eigenvalue weighted by atomic mass is 9.91. The molecule has 2 heterocycles. The molecule has 0 aromatic heterocycles. The predicted octanol–water partition coefficient (Wildman–Crippen LogP) is 1.95. The number of anilines is 1. The van der Waals surface area contributed by atoms with Crippen LogP contribution in [0.4, 0.5) is 5.69 Å². The van der Waals surface area contributed by atoms with Gasteiger partial charge in [-0.15, -0.1) is 0 Å². The summed E-state index contributed by atoms with van der Waals surface area (Å²) in [5.74, 6) is -0.761. The van der Waals surface area contributed by atoms with Crippen molar-refractivity contribution in [3.05, 3.63) is 42.0 Å². The number of allylic oxidation sites excluding steroid dienone is 1. The van der Waals surface area contributed by atoms with Gasteiger partial charge in [0.2, 0.25) is 17.7 Å². The Morgan fingerprint density at radius 1 is 1.33 bits per heavy atom. The highest BCUT2D eigenvalue weighted by atomic mass is 16.7. The Balaban J connectivity index is 1.50. The molecular formula is C22H26N4O4. The Morgan fingerprint density at radius 3 is 2.77 bits per heavy atom. The topological polar surface area (TPSA) is 114 Å². The average molecular weight is 410 g/mol. The number of benzene rings is 1. The van der Waals surface area contributed by atoms with Crippen LogP contribution in [0.2, 0.25) is 0 Å². The molecule has 1 saturated carbocycles. The van der Waals surface area contributed by atoms with Crippen molar-refractivity contribution in [1.29, 1.82) is 0 Å². The maximum Gasteiger partial charge on any atom is 0.248 e. The molecule has 1 aromatic carbocycles. The highest BCUT2D eigenvalue weighted by Gasteiger charge is 2.57. The number of nitrogens with one attached hydrogen (secondary N) is 1. The summed E-state index contributed by atoms with van der Waals surface area (Å²) in [6.07, 6.45) is 5.57. The minimum absolute atomic E-state index is 0.0334. The van der Waals surface area contributed by atoms with Crippen molar-refractivity contribution in [3.63, 3.8) is 0 Å². The van der Waals surface area contributed by atoms with Gasteiger partial charge in [0, 0.05) is 29.5 Å². The summed E-state index contributed by atoms with van der Waals surface area (Å²) in [5, 5.41) is 7.06. The van der Waals surface area contributed by atoms with Gasteiger partial charge in [-0.3, -0.25) is 14.4 Å². The van der Waals surface area contributed by atoms with Gasteiger partial charge in [0.15, 0.2) is 5.60 Å². The quantitative estimate of drug-likeness (QED) is 0.722. The number of rotatable bonds is 5. The van der Waals surface area contributed by atoms with Gasteiger partial charge in [-0.25, -0.2) is 0 Å². The van der Waals surface area contributed by atoms with E-state index >= 15 is 0 Å². The Bertz CT molecular complexity index is 966. The van der Waals surface area contributed by atoms with Crippen molar-refractivity contribution >= 4 is 29.1 Å². The Kier molecular flexibility index (Phi) is 4.88. The number of nitrogens with two attached hydrogens (primary N) is 1. The third-order valence-electron chi connectivity index (χ3n) is 6.13. The molecule has 4 rings (SSSR count). The standard InChI is InChI=1S/C22H26N4O4/c1-3-5-18(27)24-15-7-4-6-14(10-15)16-11-22(30-25-16)12-17(19(23)28)26(13-22)20(29)21(2)8-9-21/h3-7,10,17H,8-9,11-13H2,1-2H3,(H2,23,28)(H,24,27)/b5-3-/t17-,22?/m0/s1. The van der Waals surface area contributed by atoms with Crippen LogP contribution in [0, 0.1) is 5.41 Å². The summed E-state index contributed by atoms with van der Waals surface area (Å²) >= 11 is 0. The number of carbonyl (C=O) groups excluding carboxylic acids is 3. The Hall–Kier alpha value is -3.16. The van der Waals surface area contributed by atoms with E-state index in [9.17, 15) is 14.4 Å². The van der Waals surface area contributed by atoms with Crippen LogP contribution in [0.25, 0.3) is 0 Å². The van der Waals surface area contributed by atoms with Crippen molar-refractivity contribution in [2.24, 2.45) is 16.3 Å². The van der Waals surface area contributed by atoms with E-state index < -0.39 is 17.6 Å². The zero-order valence-electron chi connectivity index (χ0n) is 17.2. The van der Waals surface area contributed by atoms with E-state index in [0.29, 0.717) is 30.8 Å². The van der Waals surface area contributed by atoms with Gasteiger partial charge >= 0.3 is 0 Å². The molecule has 1 spiro atoms. The molecule has 1 aliphatic carbocycles. The lowest BCUT2D eigenvalue weighted by Crippen LogP contribution is -2.46. The molecule has 158 valence electrons. The van der Waals surface area contributed by atoms with Gasteiger partial charge in [-0.05, 0) is 38.0 Å².